The highest BCUT2D eigenvalue weighted by atomic mass is 35.5. The number of ether oxygens (including phenoxy) is 2. The first-order valence-electron chi connectivity index (χ1n) is 15.4. The first-order valence-corrected chi connectivity index (χ1v) is 16.2. The maximum absolute atomic E-state index is 15.6. The van der Waals surface area contributed by atoms with E-state index < -0.39 is 5.82 Å². The molecular weight excluding hydrogens is 640 g/mol. The molecule has 0 bridgehead atoms. The van der Waals surface area contributed by atoms with Gasteiger partial charge in [0.25, 0.3) is 0 Å². The molecule has 1 aromatic heterocycles. The van der Waals surface area contributed by atoms with Crippen molar-refractivity contribution in [3.8, 4) is 33.8 Å². The van der Waals surface area contributed by atoms with Crippen molar-refractivity contribution in [1.82, 2.24) is 25.7 Å². The van der Waals surface area contributed by atoms with Gasteiger partial charge in [-0.15, -0.1) is 0 Å². The molecule has 0 spiro atoms. The van der Waals surface area contributed by atoms with Gasteiger partial charge in [-0.25, -0.2) is 4.39 Å². The molecule has 1 atom stereocenters. The number of carbonyl (C=O) groups excluding carboxylic acids is 1. The van der Waals surface area contributed by atoms with Crippen LogP contribution in [0, 0.1) is 5.82 Å². The molecule has 0 aliphatic carbocycles. The first kappa shape index (κ1) is 32.8. The molecule has 8 nitrogen and oxygen atoms in total. The summed E-state index contributed by atoms with van der Waals surface area (Å²) in [6, 6.07) is 18.9. The molecule has 1 aliphatic heterocycles. The van der Waals surface area contributed by atoms with Gasteiger partial charge < -0.3 is 25.4 Å². The van der Waals surface area contributed by atoms with Gasteiger partial charge in [-0.2, -0.15) is 5.10 Å². The number of hydrogen-bond donors (Lipinski definition) is 3. The van der Waals surface area contributed by atoms with Crippen LogP contribution in [0.1, 0.15) is 29.5 Å². The van der Waals surface area contributed by atoms with E-state index in [1.165, 1.54) is 13.2 Å². The number of aromatic nitrogens is 2. The van der Waals surface area contributed by atoms with Crippen LogP contribution < -0.4 is 25.4 Å². The van der Waals surface area contributed by atoms with E-state index in [0.29, 0.717) is 58.5 Å². The maximum atomic E-state index is 15.6. The molecule has 244 valence electrons. The minimum atomic E-state index is -0.401. The number of nitrogens with one attached hydrogen (secondary N) is 3. The number of hydrogen-bond acceptors (Lipinski definition) is 6. The zero-order valence-corrected chi connectivity index (χ0v) is 27.9. The standard InChI is InChI=1S/C36H36Cl2FN5O3/c1-40-16-22-12-30(37)23(15-33(22)46-2)20-44-32-9-5-7-26(28(32)19-42-44)27-8-4-6-25(36(27)38)21-13-31(39)29(34(14-21)47-3)18-41-17-24-10-11-35(45)43-24/h4-9,12-15,19,24,40-41H,10-11,16-18,20H2,1-3H3,(H,43,45). The van der Waals surface area contributed by atoms with Crippen LogP contribution in [0.5, 0.6) is 11.5 Å². The van der Waals surface area contributed by atoms with Crippen LogP contribution in [-0.2, 0) is 24.4 Å². The van der Waals surface area contributed by atoms with Crippen molar-refractivity contribution in [3.05, 3.63) is 99.4 Å². The Kier molecular flexibility index (Phi) is 9.98. The van der Waals surface area contributed by atoms with Gasteiger partial charge in [0, 0.05) is 64.8 Å². The van der Waals surface area contributed by atoms with Gasteiger partial charge in [0.2, 0.25) is 5.91 Å². The third-order valence-electron chi connectivity index (χ3n) is 8.58. The molecule has 1 unspecified atom stereocenters. The van der Waals surface area contributed by atoms with Crippen molar-refractivity contribution in [2.24, 2.45) is 0 Å². The summed E-state index contributed by atoms with van der Waals surface area (Å²) in [5, 5.41) is 16.1. The lowest BCUT2D eigenvalue weighted by Gasteiger charge is -2.16. The van der Waals surface area contributed by atoms with Crippen molar-refractivity contribution < 1.29 is 18.7 Å². The number of carbonyl (C=O) groups is 1. The van der Waals surface area contributed by atoms with Gasteiger partial charge in [-0.05, 0) is 60.5 Å². The summed E-state index contributed by atoms with van der Waals surface area (Å²) in [5.74, 6) is 0.825. The third-order valence-corrected chi connectivity index (χ3v) is 9.34. The predicted octanol–water partition coefficient (Wildman–Crippen LogP) is 6.97. The van der Waals surface area contributed by atoms with E-state index >= 15 is 4.39 Å². The van der Waals surface area contributed by atoms with Crippen LogP contribution in [0.15, 0.2) is 66.9 Å². The fourth-order valence-corrected chi connectivity index (χ4v) is 6.77. The van der Waals surface area contributed by atoms with Crippen LogP contribution in [0.25, 0.3) is 33.2 Å². The van der Waals surface area contributed by atoms with Gasteiger partial charge in [0.1, 0.15) is 17.3 Å². The molecule has 1 saturated heterocycles. The van der Waals surface area contributed by atoms with Crippen molar-refractivity contribution in [2.75, 3.05) is 27.8 Å². The highest BCUT2D eigenvalue weighted by Crippen LogP contribution is 2.41. The molecule has 0 saturated carbocycles. The number of nitrogens with zero attached hydrogens (tertiary/aromatic N) is 2. The Hall–Kier alpha value is -4.15. The molecule has 11 heteroatoms. The normalized spacial score (nSPS) is 14.5. The molecule has 1 fully saturated rings. The van der Waals surface area contributed by atoms with E-state index in [2.05, 4.69) is 16.0 Å². The SMILES string of the molecule is CNCc1cc(Cl)c(Cn2ncc3c(-c4cccc(-c5cc(F)c(CNCC6CCC(=O)N6)c(OC)c5)c4Cl)cccc32)cc1OC. The highest BCUT2D eigenvalue weighted by Gasteiger charge is 2.22. The smallest absolute Gasteiger partial charge is 0.220 e. The largest absolute Gasteiger partial charge is 0.496 e. The summed E-state index contributed by atoms with van der Waals surface area (Å²) in [7, 11) is 5.05. The quantitative estimate of drug-likeness (QED) is 0.132. The number of fused-ring (bicyclic) bond motifs is 1. The zero-order chi connectivity index (χ0) is 33.1. The highest BCUT2D eigenvalue weighted by molar-refractivity contribution is 6.36. The Morgan fingerprint density at radius 2 is 1.74 bits per heavy atom. The van der Waals surface area contributed by atoms with Gasteiger partial charge in [0.05, 0.1) is 37.5 Å². The Morgan fingerprint density at radius 3 is 2.49 bits per heavy atom. The minimum Gasteiger partial charge on any atom is -0.496 e. The summed E-state index contributed by atoms with van der Waals surface area (Å²) in [6.45, 7) is 1.90. The second-order valence-electron chi connectivity index (χ2n) is 11.6. The zero-order valence-electron chi connectivity index (χ0n) is 26.4. The Balaban J connectivity index is 1.29. The molecule has 0 radical (unpaired) electrons. The molecule has 6 rings (SSSR count). The van der Waals surface area contributed by atoms with Crippen molar-refractivity contribution >= 4 is 40.0 Å². The van der Waals surface area contributed by atoms with Gasteiger partial charge in [0.15, 0.2) is 0 Å². The lowest BCUT2D eigenvalue weighted by molar-refractivity contribution is -0.119. The van der Waals surface area contributed by atoms with Gasteiger partial charge >= 0.3 is 0 Å². The first-order chi connectivity index (χ1) is 22.8. The molecule has 2 heterocycles. The molecule has 3 N–H and O–H groups in total. The lowest BCUT2D eigenvalue weighted by Crippen LogP contribution is -2.35. The summed E-state index contributed by atoms with van der Waals surface area (Å²) < 4.78 is 28.7. The van der Waals surface area contributed by atoms with Crippen LogP contribution >= 0.6 is 23.2 Å². The van der Waals surface area contributed by atoms with Crippen LogP contribution in [0.3, 0.4) is 0 Å². The van der Waals surface area contributed by atoms with Crippen LogP contribution in [0.2, 0.25) is 10.0 Å². The molecule has 47 heavy (non-hydrogen) atoms. The van der Waals surface area contributed by atoms with Gasteiger partial charge in [-0.3, -0.25) is 9.48 Å². The molecule has 1 amide bonds. The number of methoxy groups -OCH3 is 2. The fraction of sp³-hybridized carbons (Fsp3) is 0.278. The van der Waals surface area contributed by atoms with Crippen LogP contribution in [0.4, 0.5) is 4.39 Å². The maximum Gasteiger partial charge on any atom is 0.220 e. The Labute approximate surface area is 283 Å². The number of rotatable bonds is 12. The third kappa shape index (κ3) is 6.80. The van der Waals surface area contributed by atoms with E-state index in [0.717, 1.165) is 45.3 Å². The van der Waals surface area contributed by atoms with Gasteiger partial charge in [-0.1, -0.05) is 53.5 Å². The second kappa shape index (κ2) is 14.3. The van der Waals surface area contributed by atoms with E-state index in [9.17, 15) is 4.79 Å². The average Bonchev–Trinajstić information content (AvgIpc) is 3.68. The summed E-state index contributed by atoms with van der Waals surface area (Å²) >= 11 is 13.8. The molecule has 4 aromatic carbocycles. The van der Waals surface area contributed by atoms with E-state index in [1.54, 1.807) is 13.2 Å². The van der Waals surface area contributed by atoms with Crippen LogP contribution in [-0.4, -0.2) is 49.5 Å². The second-order valence-corrected chi connectivity index (χ2v) is 12.4. The fourth-order valence-electron chi connectivity index (χ4n) is 6.19. The summed E-state index contributed by atoms with van der Waals surface area (Å²) in [6.07, 6.45) is 3.11. The number of benzene rings is 4. The summed E-state index contributed by atoms with van der Waals surface area (Å²) in [4.78, 5) is 11.5. The predicted molar refractivity (Wildman–Crippen MR) is 185 cm³/mol. The van der Waals surface area contributed by atoms with E-state index in [-0.39, 0.29) is 18.5 Å². The molecule has 1 aliphatic rings. The van der Waals surface area contributed by atoms with Crippen molar-refractivity contribution in [1.29, 1.82) is 0 Å². The average molecular weight is 677 g/mol. The van der Waals surface area contributed by atoms with Crippen molar-refractivity contribution in [2.45, 2.75) is 38.5 Å². The van der Waals surface area contributed by atoms with E-state index in [1.807, 2.05) is 66.5 Å². The summed E-state index contributed by atoms with van der Waals surface area (Å²) in [5.41, 5.74) is 6.18. The Morgan fingerprint density at radius 1 is 0.979 bits per heavy atom. The topological polar surface area (TPSA) is 89.4 Å². The monoisotopic (exact) mass is 675 g/mol. The van der Waals surface area contributed by atoms with Crippen molar-refractivity contribution in [3.63, 3.8) is 0 Å². The lowest BCUT2D eigenvalue weighted by atomic mass is 9.96. The minimum absolute atomic E-state index is 0.0464. The number of halogens is 3. The Bertz CT molecular complexity index is 1950. The number of amides is 1. The van der Waals surface area contributed by atoms with E-state index in [4.69, 9.17) is 37.8 Å². The molecule has 5 aromatic rings. The molecular formula is C36H36Cl2FN5O3.